The number of allylic oxidation sites excluding steroid dienone is 1. The lowest BCUT2D eigenvalue weighted by Crippen LogP contribution is -2.44. The van der Waals surface area contributed by atoms with E-state index < -0.39 is 0 Å². The molecule has 2 aliphatic heterocycles. The molecule has 1 N–H and O–H groups in total. The number of rotatable bonds is 0. The fourth-order valence-electron chi connectivity index (χ4n) is 1.85. The minimum atomic E-state index is 0.266. The molecule has 0 unspecified atom stereocenters. The van der Waals surface area contributed by atoms with E-state index in [1.807, 2.05) is 0 Å². The molecule has 2 nitrogen and oxygen atoms in total. The summed E-state index contributed by atoms with van der Waals surface area (Å²) in [5, 5.41) is 3.03. The number of hydrogen-bond acceptors (Lipinski definition) is 1. The zero-order valence-corrected chi connectivity index (χ0v) is 6.55. The number of piperidine rings is 1. The van der Waals surface area contributed by atoms with Gasteiger partial charge in [0.1, 0.15) is 0 Å². The summed E-state index contributed by atoms with van der Waals surface area (Å²) in [6, 6.07) is 0.426. The first-order valence-corrected chi connectivity index (χ1v) is 4.31. The molecule has 2 heteroatoms. The third-order valence-electron chi connectivity index (χ3n) is 2.59. The van der Waals surface area contributed by atoms with Crippen LogP contribution in [0.5, 0.6) is 0 Å². The number of carbonyl (C=O) groups is 1. The molecule has 1 amide bonds. The van der Waals surface area contributed by atoms with Crippen LogP contribution in [0.4, 0.5) is 0 Å². The Hall–Kier alpha value is -0.790. The molecular formula is C9H13NO. The Balaban J connectivity index is 2.17. The van der Waals surface area contributed by atoms with Gasteiger partial charge in [0.25, 0.3) is 0 Å². The van der Waals surface area contributed by atoms with Gasteiger partial charge in [0, 0.05) is 12.0 Å². The lowest BCUT2D eigenvalue weighted by molar-refractivity contribution is -0.127. The second-order valence-corrected chi connectivity index (χ2v) is 3.42. The molecule has 0 radical (unpaired) electrons. The van der Waals surface area contributed by atoms with Gasteiger partial charge >= 0.3 is 0 Å². The van der Waals surface area contributed by atoms with Crippen molar-refractivity contribution in [2.24, 2.45) is 5.92 Å². The Morgan fingerprint density at radius 2 is 2.09 bits per heavy atom. The average Bonchev–Trinajstić information content (AvgIpc) is 1.92. The van der Waals surface area contributed by atoms with E-state index in [0.29, 0.717) is 6.04 Å². The molecule has 2 bridgehead atoms. The van der Waals surface area contributed by atoms with Crippen molar-refractivity contribution in [2.75, 3.05) is 0 Å². The van der Waals surface area contributed by atoms with Crippen LogP contribution >= 0.6 is 0 Å². The van der Waals surface area contributed by atoms with Crippen molar-refractivity contribution in [1.29, 1.82) is 0 Å². The summed E-state index contributed by atoms with van der Waals surface area (Å²) in [7, 11) is 0. The maximum atomic E-state index is 11.3. The molecule has 1 saturated heterocycles. The minimum Gasteiger partial charge on any atom is -0.353 e. The van der Waals surface area contributed by atoms with Crippen LogP contribution in [0.25, 0.3) is 0 Å². The smallest absolute Gasteiger partial charge is 0.223 e. The number of hydrogen-bond donors (Lipinski definition) is 1. The van der Waals surface area contributed by atoms with Gasteiger partial charge in [-0.2, -0.15) is 0 Å². The Kier molecular flexibility index (Phi) is 1.68. The second-order valence-electron chi connectivity index (χ2n) is 3.42. The third-order valence-corrected chi connectivity index (χ3v) is 2.59. The van der Waals surface area contributed by atoms with Gasteiger partial charge in [0.2, 0.25) is 5.91 Å². The van der Waals surface area contributed by atoms with Crippen LogP contribution in [0.15, 0.2) is 12.2 Å². The van der Waals surface area contributed by atoms with Crippen molar-refractivity contribution in [3.63, 3.8) is 0 Å². The van der Waals surface area contributed by atoms with E-state index in [9.17, 15) is 4.79 Å². The Morgan fingerprint density at radius 3 is 2.91 bits per heavy atom. The molecule has 60 valence electrons. The summed E-state index contributed by atoms with van der Waals surface area (Å²) in [5.74, 6) is 0.536. The molecule has 0 aromatic heterocycles. The van der Waals surface area contributed by atoms with Crippen LogP contribution in [0.3, 0.4) is 0 Å². The molecule has 11 heavy (non-hydrogen) atoms. The molecule has 2 heterocycles. The van der Waals surface area contributed by atoms with E-state index in [2.05, 4.69) is 17.5 Å². The number of nitrogens with one attached hydrogen (secondary N) is 1. The number of amides is 1. The summed E-state index contributed by atoms with van der Waals surface area (Å²) < 4.78 is 0. The predicted octanol–water partition coefficient (Wildman–Crippen LogP) is 1.23. The maximum Gasteiger partial charge on any atom is 0.223 e. The molecule has 3 rings (SSSR count). The SMILES string of the molecule is O=C1N[C@@H]2C/C=C\C[C@H]1CC2. The van der Waals surface area contributed by atoms with Gasteiger partial charge in [-0.15, -0.1) is 0 Å². The first-order chi connectivity index (χ1) is 5.36. The van der Waals surface area contributed by atoms with Crippen molar-refractivity contribution in [3.8, 4) is 0 Å². The van der Waals surface area contributed by atoms with Crippen LogP contribution in [0.1, 0.15) is 25.7 Å². The monoisotopic (exact) mass is 151 g/mol. The zero-order chi connectivity index (χ0) is 7.68. The van der Waals surface area contributed by atoms with Crippen LogP contribution in [0, 0.1) is 5.92 Å². The topological polar surface area (TPSA) is 29.1 Å². The van der Waals surface area contributed by atoms with Crippen molar-refractivity contribution >= 4 is 5.91 Å². The van der Waals surface area contributed by atoms with Gasteiger partial charge in [0.05, 0.1) is 0 Å². The van der Waals surface area contributed by atoms with Crippen molar-refractivity contribution < 1.29 is 4.79 Å². The van der Waals surface area contributed by atoms with Gasteiger partial charge in [0.15, 0.2) is 0 Å². The van der Waals surface area contributed by atoms with Crippen LogP contribution in [0.2, 0.25) is 0 Å². The first kappa shape index (κ1) is 6.89. The van der Waals surface area contributed by atoms with E-state index in [0.717, 1.165) is 19.3 Å². The lowest BCUT2D eigenvalue weighted by Gasteiger charge is -2.29. The fraction of sp³-hybridized carbons (Fsp3) is 0.667. The van der Waals surface area contributed by atoms with E-state index >= 15 is 0 Å². The molecular weight excluding hydrogens is 138 g/mol. The van der Waals surface area contributed by atoms with Gasteiger partial charge in [-0.1, -0.05) is 12.2 Å². The van der Waals surface area contributed by atoms with Crippen LogP contribution in [-0.4, -0.2) is 11.9 Å². The normalized spacial score (nSPS) is 39.1. The van der Waals surface area contributed by atoms with Crippen molar-refractivity contribution in [2.45, 2.75) is 31.7 Å². The molecule has 1 aliphatic carbocycles. The molecule has 0 aromatic carbocycles. The molecule has 0 spiro atoms. The number of carbonyl (C=O) groups excluding carboxylic acids is 1. The van der Waals surface area contributed by atoms with Gasteiger partial charge in [-0.3, -0.25) is 4.79 Å². The Labute approximate surface area is 66.7 Å². The van der Waals surface area contributed by atoms with Gasteiger partial charge < -0.3 is 5.32 Å². The Bertz CT molecular complexity index is 198. The average molecular weight is 151 g/mol. The van der Waals surface area contributed by atoms with Gasteiger partial charge in [-0.05, 0) is 25.7 Å². The maximum absolute atomic E-state index is 11.3. The van der Waals surface area contributed by atoms with Crippen LogP contribution in [-0.2, 0) is 4.79 Å². The van der Waals surface area contributed by atoms with Crippen molar-refractivity contribution in [3.05, 3.63) is 12.2 Å². The van der Waals surface area contributed by atoms with Crippen LogP contribution < -0.4 is 5.32 Å². The predicted molar refractivity (Wildman–Crippen MR) is 43.0 cm³/mol. The summed E-state index contributed by atoms with van der Waals surface area (Å²) in [5.41, 5.74) is 0. The highest BCUT2D eigenvalue weighted by Gasteiger charge is 2.27. The van der Waals surface area contributed by atoms with Crippen molar-refractivity contribution in [1.82, 2.24) is 5.32 Å². The molecule has 0 saturated carbocycles. The summed E-state index contributed by atoms with van der Waals surface area (Å²) in [4.78, 5) is 11.3. The van der Waals surface area contributed by atoms with Gasteiger partial charge in [-0.25, -0.2) is 0 Å². The largest absolute Gasteiger partial charge is 0.353 e. The Morgan fingerprint density at radius 1 is 1.27 bits per heavy atom. The quantitative estimate of drug-likeness (QED) is 0.518. The third kappa shape index (κ3) is 1.30. The first-order valence-electron chi connectivity index (χ1n) is 4.31. The van der Waals surface area contributed by atoms with E-state index in [-0.39, 0.29) is 11.8 Å². The summed E-state index contributed by atoms with van der Waals surface area (Å²) in [6.45, 7) is 0. The lowest BCUT2D eigenvalue weighted by atomic mass is 9.87. The second kappa shape index (κ2) is 2.68. The molecule has 1 fully saturated rings. The summed E-state index contributed by atoms with van der Waals surface area (Å²) >= 11 is 0. The van der Waals surface area contributed by atoms with E-state index in [1.165, 1.54) is 6.42 Å². The van der Waals surface area contributed by atoms with E-state index in [4.69, 9.17) is 0 Å². The molecule has 2 atom stereocenters. The minimum absolute atomic E-state index is 0.266. The highest BCUT2D eigenvalue weighted by molar-refractivity contribution is 5.80. The summed E-state index contributed by atoms with van der Waals surface area (Å²) in [6.07, 6.45) is 8.56. The molecule has 0 aromatic rings. The standard InChI is InChI=1S/C9H13NO/c11-9-7-3-1-2-4-8(10-9)6-5-7/h1-2,7-8H,3-6H2,(H,10,11)/b2-1-/t7-,8+/m0/s1. The highest BCUT2D eigenvalue weighted by atomic mass is 16.2. The molecule has 3 aliphatic rings. The van der Waals surface area contributed by atoms with E-state index in [1.54, 1.807) is 0 Å². The highest BCUT2D eigenvalue weighted by Crippen LogP contribution is 2.23. The fourth-order valence-corrected chi connectivity index (χ4v) is 1.85. The number of fused-ring (bicyclic) bond motifs is 4. The zero-order valence-electron chi connectivity index (χ0n) is 6.55.